The maximum absolute atomic E-state index is 10.1. The third-order valence-corrected chi connectivity index (χ3v) is 3.97. The van der Waals surface area contributed by atoms with Crippen LogP contribution in [0, 0.1) is 0 Å². The number of phenols is 3. The Labute approximate surface area is 136 Å². The molecule has 2 aromatic rings. The van der Waals surface area contributed by atoms with Crippen LogP contribution in [0.4, 0.5) is 0 Å². The molecular formula is C18H23NO4. The predicted octanol–water partition coefficient (Wildman–Crippen LogP) is 3.06. The number of hydrogen-bond acceptors (Lipinski definition) is 5. The molecule has 5 nitrogen and oxygen atoms in total. The maximum Gasteiger partial charge on any atom is 0.157 e. The summed E-state index contributed by atoms with van der Waals surface area (Å²) in [5.74, 6) is -0.0352. The number of hydrogen-bond donors (Lipinski definition) is 4. The fourth-order valence-corrected chi connectivity index (χ4v) is 2.38. The minimum Gasteiger partial charge on any atom is -0.508 e. The highest BCUT2D eigenvalue weighted by molar-refractivity contribution is 5.40. The number of hydroxylamine groups is 2. The van der Waals surface area contributed by atoms with Gasteiger partial charge in [0.05, 0.1) is 0 Å². The Morgan fingerprint density at radius 2 is 1.52 bits per heavy atom. The van der Waals surface area contributed by atoms with Gasteiger partial charge in [0.15, 0.2) is 11.5 Å². The smallest absolute Gasteiger partial charge is 0.157 e. The van der Waals surface area contributed by atoms with Crippen LogP contribution in [0.25, 0.3) is 0 Å². The molecule has 0 saturated carbocycles. The summed E-state index contributed by atoms with van der Waals surface area (Å²) in [6.07, 6.45) is 2.19. The molecule has 1 atom stereocenters. The summed E-state index contributed by atoms with van der Waals surface area (Å²) in [5, 5.41) is 39.4. The molecule has 2 rings (SSSR count). The SMILES string of the molecule is CC(CCc1ccc(O)cc1)N(O)CCc1ccc(O)c(O)c1. The van der Waals surface area contributed by atoms with Crippen LogP contribution in [0.15, 0.2) is 42.5 Å². The van der Waals surface area contributed by atoms with Crippen LogP contribution in [0.3, 0.4) is 0 Å². The van der Waals surface area contributed by atoms with Crippen molar-refractivity contribution in [3.63, 3.8) is 0 Å². The molecule has 0 fully saturated rings. The Morgan fingerprint density at radius 1 is 0.870 bits per heavy atom. The van der Waals surface area contributed by atoms with E-state index < -0.39 is 0 Å². The first-order valence-corrected chi connectivity index (χ1v) is 7.70. The lowest BCUT2D eigenvalue weighted by molar-refractivity contribution is -0.122. The van der Waals surface area contributed by atoms with Gasteiger partial charge in [-0.1, -0.05) is 18.2 Å². The van der Waals surface area contributed by atoms with E-state index in [1.54, 1.807) is 18.2 Å². The van der Waals surface area contributed by atoms with Crippen molar-refractivity contribution in [1.29, 1.82) is 0 Å². The van der Waals surface area contributed by atoms with Gasteiger partial charge in [-0.2, -0.15) is 5.06 Å². The minimum absolute atomic E-state index is 0.00508. The van der Waals surface area contributed by atoms with E-state index in [0.717, 1.165) is 24.0 Å². The van der Waals surface area contributed by atoms with E-state index in [0.29, 0.717) is 13.0 Å². The Morgan fingerprint density at radius 3 is 2.17 bits per heavy atom. The highest BCUT2D eigenvalue weighted by atomic mass is 16.5. The van der Waals surface area contributed by atoms with Gasteiger partial charge in [0.1, 0.15) is 5.75 Å². The fraction of sp³-hybridized carbons (Fsp3) is 0.333. The molecule has 0 saturated heterocycles. The molecule has 124 valence electrons. The van der Waals surface area contributed by atoms with Gasteiger partial charge in [0.2, 0.25) is 0 Å². The molecule has 0 bridgehead atoms. The molecule has 0 heterocycles. The van der Waals surface area contributed by atoms with Crippen molar-refractivity contribution in [2.75, 3.05) is 6.54 Å². The number of benzene rings is 2. The summed E-state index contributed by atoms with van der Waals surface area (Å²) >= 11 is 0. The molecule has 0 aliphatic rings. The number of aromatic hydroxyl groups is 3. The number of phenolic OH excluding ortho intramolecular Hbond substituents is 3. The van der Waals surface area contributed by atoms with Crippen molar-refractivity contribution < 1.29 is 20.5 Å². The zero-order valence-electron chi connectivity index (χ0n) is 13.2. The summed E-state index contributed by atoms with van der Waals surface area (Å²) in [4.78, 5) is 0. The quantitative estimate of drug-likeness (QED) is 0.466. The van der Waals surface area contributed by atoms with Crippen molar-refractivity contribution in [1.82, 2.24) is 5.06 Å². The third-order valence-electron chi connectivity index (χ3n) is 3.97. The van der Waals surface area contributed by atoms with Gasteiger partial charge in [-0.3, -0.25) is 0 Å². The van der Waals surface area contributed by atoms with Gasteiger partial charge in [0, 0.05) is 12.6 Å². The van der Waals surface area contributed by atoms with Crippen LogP contribution in [-0.4, -0.2) is 38.2 Å². The van der Waals surface area contributed by atoms with Gasteiger partial charge in [-0.05, 0) is 61.6 Å². The van der Waals surface area contributed by atoms with E-state index in [1.807, 2.05) is 19.1 Å². The van der Waals surface area contributed by atoms with Gasteiger partial charge in [-0.15, -0.1) is 0 Å². The van der Waals surface area contributed by atoms with E-state index in [2.05, 4.69) is 0 Å². The summed E-state index contributed by atoms with van der Waals surface area (Å²) in [6, 6.07) is 11.7. The van der Waals surface area contributed by atoms with Gasteiger partial charge in [0.25, 0.3) is 0 Å². The minimum atomic E-state index is -0.146. The summed E-state index contributed by atoms with van der Waals surface area (Å²) < 4.78 is 0. The Kier molecular flexibility index (Phi) is 5.84. The van der Waals surface area contributed by atoms with E-state index in [9.17, 15) is 20.5 Å². The first-order valence-electron chi connectivity index (χ1n) is 7.70. The van der Waals surface area contributed by atoms with Crippen molar-refractivity contribution in [2.24, 2.45) is 0 Å². The monoisotopic (exact) mass is 317 g/mol. The normalized spacial score (nSPS) is 12.5. The van der Waals surface area contributed by atoms with Crippen molar-refractivity contribution in [3.8, 4) is 17.2 Å². The van der Waals surface area contributed by atoms with E-state index in [-0.39, 0.29) is 23.3 Å². The summed E-state index contributed by atoms with van der Waals surface area (Å²) in [6.45, 7) is 2.40. The van der Waals surface area contributed by atoms with Crippen LogP contribution in [-0.2, 0) is 12.8 Å². The summed E-state index contributed by atoms with van der Waals surface area (Å²) in [5.41, 5.74) is 1.97. The lowest BCUT2D eigenvalue weighted by atomic mass is 10.1. The lowest BCUT2D eigenvalue weighted by Crippen LogP contribution is -2.32. The number of nitrogens with zero attached hydrogens (tertiary/aromatic N) is 1. The second-order valence-corrected chi connectivity index (χ2v) is 5.79. The highest BCUT2D eigenvalue weighted by Gasteiger charge is 2.12. The second kappa shape index (κ2) is 7.85. The van der Waals surface area contributed by atoms with Gasteiger partial charge < -0.3 is 20.5 Å². The molecule has 0 aromatic heterocycles. The van der Waals surface area contributed by atoms with Crippen LogP contribution < -0.4 is 0 Å². The van der Waals surface area contributed by atoms with Crippen LogP contribution in [0.1, 0.15) is 24.5 Å². The standard InChI is InChI=1S/C18H23NO4/c1-13(2-3-14-4-7-16(20)8-5-14)19(23)11-10-15-6-9-17(21)18(22)12-15/h4-9,12-13,20-23H,2-3,10-11H2,1H3. The molecule has 0 spiro atoms. The Bertz CT molecular complexity index is 627. The van der Waals surface area contributed by atoms with Crippen LogP contribution in [0.2, 0.25) is 0 Å². The molecule has 2 aromatic carbocycles. The molecule has 1 unspecified atom stereocenters. The largest absolute Gasteiger partial charge is 0.508 e. The van der Waals surface area contributed by atoms with Gasteiger partial charge >= 0.3 is 0 Å². The first kappa shape index (κ1) is 17.1. The fourth-order valence-electron chi connectivity index (χ4n) is 2.38. The van der Waals surface area contributed by atoms with E-state index in [1.165, 1.54) is 17.2 Å². The molecule has 0 radical (unpaired) electrons. The van der Waals surface area contributed by atoms with Crippen LogP contribution in [0.5, 0.6) is 17.2 Å². The molecule has 0 amide bonds. The molecule has 0 aliphatic heterocycles. The Hall–Kier alpha value is -2.24. The molecular weight excluding hydrogens is 294 g/mol. The average molecular weight is 317 g/mol. The predicted molar refractivity (Wildman–Crippen MR) is 87.9 cm³/mol. The average Bonchev–Trinajstić information content (AvgIpc) is 2.54. The van der Waals surface area contributed by atoms with E-state index >= 15 is 0 Å². The third kappa shape index (κ3) is 5.16. The zero-order chi connectivity index (χ0) is 16.8. The number of aryl methyl sites for hydroxylation is 1. The summed E-state index contributed by atoms with van der Waals surface area (Å²) in [7, 11) is 0. The van der Waals surface area contributed by atoms with Crippen molar-refractivity contribution in [3.05, 3.63) is 53.6 Å². The molecule has 4 N–H and O–H groups in total. The van der Waals surface area contributed by atoms with Crippen LogP contribution >= 0.6 is 0 Å². The second-order valence-electron chi connectivity index (χ2n) is 5.79. The zero-order valence-corrected chi connectivity index (χ0v) is 13.2. The highest BCUT2D eigenvalue weighted by Crippen LogP contribution is 2.25. The van der Waals surface area contributed by atoms with Crippen molar-refractivity contribution >= 4 is 0 Å². The van der Waals surface area contributed by atoms with Crippen molar-refractivity contribution in [2.45, 2.75) is 32.2 Å². The lowest BCUT2D eigenvalue weighted by Gasteiger charge is -2.22. The topological polar surface area (TPSA) is 84.2 Å². The molecule has 23 heavy (non-hydrogen) atoms. The first-order chi connectivity index (χ1) is 11.0. The van der Waals surface area contributed by atoms with E-state index in [4.69, 9.17) is 0 Å². The molecule has 5 heteroatoms. The Balaban J connectivity index is 1.79. The number of rotatable bonds is 7. The molecule has 0 aliphatic carbocycles. The van der Waals surface area contributed by atoms with Gasteiger partial charge in [-0.25, -0.2) is 0 Å². The maximum atomic E-state index is 10.1.